The van der Waals surface area contributed by atoms with Crippen molar-refractivity contribution in [2.24, 2.45) is 0 Å². The first-order valence-corrected chi connectivity index (χ1v) is 6.52. The van der Waals surface area contributed by atoms with Gasteiger partial charge in [-0.15, -0.1) is 0 Å². The number of urea groups is 1. The summed E-state index contributed by atoms with van der Waals surface area (Å²) in [5.74, 6) is -0.953. The Hall–Kier alpha value is -1.75. The van der Waals surface area contributed by atoms with Gasteiger partial charge in [-0.1, -0.05) is 11.6 Å². The van der Waals surface area contributed by atoms with Crippen molar-refractivity contribution in [2.45, 2.75) is 25.3 Å². The minimum atomic E-state index is -0.953. The number of anilines is 1. The predicted octanol–water partition coefficient (Wildman–Crippen LogP) is 2.81. The van der Waals surface area contributed by atoms with Crippen LogP contribution in [0.25, 0.3) is 0 Å². The number of nitrogens with zero attached hydrogens (tertiary/aromatic N) is 1. The highest BCUT2D eigenvalue weighted by atomic mass is 35.5. The maximum Gasteiger partial charge on any atom is 0.326 e. The number of nitrogens with one attached hydrogen (secondary N) is 1. The number of carboxylic acids is 1. The van der Waals surface area contributed by atoms with E-state index in [1.54, 1.807) is 24.3 Å². The molecule has 0 unspecified atom stereocenters. The molecular formula is C13H15ClN2O3. The first-order valence-electron chi connectivity index (χ1n) is 6.14. The van der Waals surface area contributed by atoms with Crippen LogP contribution < -0.4 is 5.32 Å². The Morgan fingerprint density at radius 2 is 1.95 bits per heavy atom. The van der Waals surface area contributed by atoms with Gasteiger partial charge in [0.05, 0.1) is 0 Å². The molecule has 2 amide bonds. The zero-order chi connectivity index (χ0) is 13.8. The normalized spacial score (nSPS) is 19.0. The molecular weight excluding hydrogens is 268 g/mol. The highest BCUT2D eigenvalue weighted by Gasteiger charge is 2.31. The van der Waals surface area contributed by atoms with Crippen molar-refractivity contribution >= 4 is 29.3 Å². The Bertz CT molecular complexity index is 475. The monoisotopic (exact) mass is 282 g/mol. The minimum absolute atomic E-state index is 0.380. The molecule has 1 heterocycles. The standard InChI is InChI=1S/C13H15ClN2O3/c14-9-4-6-10(7-5-9)15-13(19)16-8-2-1-3-11(16)12(17)18/h4-7,11H,1-3,8H2,(H,15,19)(H,17,18)/t11-/m1/s1. The number of halogens is 1. The van der Waals surface area contributed by atoms with E-state index in [0.717, 1.165) is 12.8 Å². The average molecular weight is 283 g/mol. The topological polar surface area (TPSA) is 69.6 Å². The van der Waals surface area contributed by atoms with E-state index in [1.165, 1.54) is 4.90 Å². The molecule has 2 N–H and O–H groups in total. The lowest BCUT2D eigenvalue weighted by Crippen LogP contribution is -2.49. The Labute approximate surface area is 116 Å². The summed E-state index contributed by atoms with van der Waals surface area (Å²) < 4.78 is 0. The lowest BCUT2D eigenvalue weighted by Gasteiger charge is -2.32. The van der Waals surface area contributed by atoms with Gasteiger partial charge in [-0.05, 0) is 43.5 Å². The van der Waals surface area contributed by atoms with Gasteiger partial charge in [-0.3, -0.25) is 0 Å². The number of likely N-dealkylation sites (tertiary alicyclic amines) is 1. The van der Waals surface area contributed by atoms with Crippen LogP contribution in [0.2, 0.25) is 5.02 Å². The van der Waals surface area contributed by atoms with Gasteiger partial charge in [0.25, 0.3) is 0 Å². The summed E-state index contributed by atoms with van der Waals surface area (Å²) in [6.45, 7) is 0.469. The van der Waals surface area contributed by atoms with Gasteiger partial charge in [0, 0.05) is 17.3 Å². The summed E-state index contributed by atoms with van der Waals surface area (Å²) in [7, 11) is 0. The van der Waals surface area contributed by atoms with Gasteiger partial charge in [-0.2, -0.15) is 0 Å². The van der Waals surface area contributed by atoms with Crippen molar-refractivity contribution in [2.75, 3.05) is 11.9 Å². The van der Waals surface area contributed by atoms with E-state index < -0.39 is 12.0 Å². The average Bonchev–Trinajstić information content (AvgIpc) is 2.41. The number of piperidine rings is 1. The van der Waals surface area contributed by atoms with E-state index in [2.05, 4.69) is 5.32 Å². The van der Waals surface area contributed by atoms with Crippen LogP contribution in [0.15, 0.2) is 24.3 Å². The van der Waals surface area contributed by atoms with Crippen LogP contribution >= 0.6 is 11.6 Å². The molecule has 1 atom stereocenters. The summed E-state index contributed by atoms with van der Waals surface area (Å²) in [4.78, 5) is 24.6. The molecule has 1 aromatic carbocycles. The van der Waals surface area contributed by atoms with E-state index in [0.29, 0.717) is 23.7 Å². The van der Waals surface area contributed by atoms with Crippen LogP contribution in [0.4, 0.5) is 10.5 Å². The van der Waals surface area contributed by atoms with E-state index in [1.807, 2.05) is 0 Å². The summed E-state index contributed by atoms with van der Waals surface area (Å²) >= 11 is 5.76. The first-order chi connectivity index (χ1) is 9.08. The molecule has 102 valence electrons. The van der Waals surface area contributed by atoms with Gasteiger partial charge in [0.1, 0.15) is 6.04 Å². The maximum absolute atomic E-state index is 12.1. The number of rotatable bonds is 2. The molecule has 1 saturated heterocycles. The fraction of sp³-hybridized carbons (Fsp3) is 0.385. The second-order valence-corrected chi connectivity index (χ2v) is 4.92. The van der Waals surface area contributed by atoms with Crippen molar-refractivity contribution in [3.05, 3.63) is 29.3 Å². The molecule has 19 heavy (non-hydrogen) atoms. The third-order valence-electron chi connectivity index (χ3n) is 3.14. The second kappa shape index (κ2) is 5.93. The third-order valence-corrected chi connectivity index (χ3v) is 3.40. The highest BCUT2D eigenvalue weighted by molar-refractivity contribution is 6.30. The molecule has 2 rings (SSSR count). The minimum Gasteiger partial charge on any atom is -0.480 e. The Kier molecular flexibility index (Phi) is 4.27. The molecule has 0 saturated carbocycles. The molecule has 5 nitrogen and oxygen atoms in total. The Morgan fingerprint density at radius 3 is 2.58 bits per heavy atom. The zero-order valence-corrected chi connectivity index (χ0v) is 11.1. The molecule has 0 spiro atoms. The molecule has 1 fully saturated rings. The Morgan fingerprint density at radius 1 is 1.26 bits per heavy atom. The molecule has 6 heteroatoms. The number of carbonyl (C=O) groups is 2. The van der Waals surface area contributed by atoms with Gasteiger partial charge < -0.3 is 15.3 Å². The summed E-state index contributed by atoms with van der Waals surface area (Å²) in [5, 5.41) is 12.4. The number of aliphatic carboxylic acids is 1. The van der Waals surface area contributed by atoms with Crippen molar-refractivity contribution in [1.82, 2.24) is 4.90 Å². The van der Waals surface area contributed by atoms with Crippen LogP contribution in [0.3, 0.4) is 0 Å². The van der Waals surface area contributed by atoms with Gasteiger partial charge in [0.2, 0.25) is 0 Å². The van der Waals surface area contributed by atoms with Crippen molar-refractivity contribution < 1.29 is 14.7 Å². The Balaban J connectivity index is 2.05. The van der Waals surface area contributed by atoms with Gasteiger partial charge in [0.15, 0.2) is 0 Å². The number of hydrogen-bond donors (Lipinski definition) is 2. The molecule has 0 radical (unpaired) electrons. The molecule has 0 aliphatic carbocycles. The van der Waals surface area contributed by atoms with Crippen LogP contribution in [0, 0.1) is 0 Å². The third kappa shape index (κ3) is 3.38. The number of amides is 2. The largest absolute Gasteiger partial charge is 0.480 e. The SMILES string of the molecule is O=C(O)[C@H]1CCCCN1C(=O)Nc1ccc(Cl)cc1. The highest BCUT2D eigenvalue weighted by Crippen LogP contribution is 2.19. The summed E-state index contributed by atoms with van der Waals surface area (Å²) in [6, 6.07) is 5.58. The number of carbonyl (C=O) groups excluding carboxylic acids is 1. The lowest BCUT2D eigenvalue weighted by atomic mass is 10.0. The molecule has 1 aliphatic heterocycles. The molecule has 1 aliphatic rings. The predicted molar refractivity (Wildman–Crippen MR) is 72.5 cm³/mol. The lowest BCUT2D eigenvalue weighted by molar-refractivity contribution is -0.143. The molecule has 0 bridgehead atoms. The van der Waals surface area contributed by atoms with E-state index in [9.17, 15) is 9.59 Å². The first kappa shape index (κ1) is 13.7. The fourth-order valence-corrected chi connectivity index (χ4v) is 2.29. The fourth-order valence-electron chi connectivity index (χ4n) is 2.16. The van der Waals surface area contributed by atoms with Crippen LogP contribution in [-0.2, 0) is 4.79 Å². The van der Waals surface area contributed by atoms with Gasteiger partial charge >= 0.3 is 12.0 Å². The van der Waals surface area contributed by atoms with Crippen molar-refractivity contribution in [1.29, 1.82) is 0 Å². The van der Waals surface area contributed by atoms with Crippen LogP contribution in [0.5, 0.6) is 0 Å². The number of carboxylic acid groups (broad SMARTS) is 1. The zero-order valence-electron chi connectivity index (χ0n) is 10.3. The quantitative estimate of drug-likeness (QED) is 0.876. The van der Waals surface area contributed by atoms with E-state index in [-0.39, 0.29) is 6.03 Å². The summed E-state index contributed by atoms with van der Waals surface area (Å²) in [5.41, 5.74) is 0.601. The number of benzene rings is 1. The van der Waals surface area contributed by atoms with Crippen molar-refractivity contribution in [3.8, 4) is 0 Å². The molecule has 0 aromatic heterocycles. The number of hydrogen-bond acceptors (Lipinski definition) is 2. The van der Waals surface area contributed by atoms with E-state index in [4.69, 9.17) is 16.7 Å². The maximum atomic E-state index is 12.1. The second-order valence-electron chi connectivity index (χ2n) is 4.48. The van der Waals surface area contributed by atoms with Crippen LogP contribution in [-0.4, -0.2) is 34.6 Å². The summed E-state index contributed by atoms with van der Waals surface area (Å²) in [6.07, 6.45) is 2.17. The van der Waals surface area contributed by atoms with Crippen molar-refractivity contribution in [3.63, 3.8) is 0 Å². The smallest absolute Gasteiger partial charge is 0.326 e. The van der Waals surface area contributed by atoms with Gasteiger partial charge in [-0.25, -0.2) is 9.59 Å². The van der Waals surface area contributed by atoms with Crippen LogP contribution in [0.1, 0.15) is 19.3 Å². The van der Waals surface area contributed by atoms with E-state index >= 15 is 0 Å². The molecule has 1 aromatic rings.